The molecule has 2 aromatic rings. The van der Waals surface area contributed by atoms with E-state index in [0.717, 1.165) is 6.07 Å². The predicted molar refractivity (Wildman–Crippen MR) is 91.6 cm³/mol. The zero-order valence-electron chi connectivity index (χ0n) is 12.7. The lowest BCUT2D eigenvalue weighted by molar-refractivity contribution is 0.0600. The fourth-order valence-corrected chi connectivity index (χ4v) is 3.41. The quantitative estimate of drug-likeness (QED) is 0.790. The number of hydrogen-bond donors (Lipinski definition) is 1. The number of carbonyl (C=O) groups is 1. The van der Waals surface area contributed by atoms with Gasteiger partial charge in [0.05, 0.1) is 40.4 Å². The highest BCUT2D eigenvalue weighted by molar-refractivity contribution is 7.92. The second-order valence-corrected chi connectivity index (χ2v) is 7.08. The van der Waals surface area contributed by atoms with E-state index in [0.29, 0.717) is 5.75 Å². The molecule has 0 aromatic heterocycles. The summed E-state index contributed by atoms with van der Waals surface area (Å²) in [5.74, 6) is -0.316. The first-order valence-electron chi connectivity index (χ1n) is 6.52. The van der Waals surface area contributed by atoms with Gasteiger partial charge in [0.2, 0.25) is 0 Å². The minimum Gasteiger partial charge on any atom is -0.495 e. The molecule has 24 heavy (non-hydrogen) atoms. The van der Waals surface area contributed by atoms with E-state index in [2.05, 4.69) is 9.46 Å². The van der Waals surface area contributed by atoms with Gasteiger partial charge in [-0.05, 0) is 36.4 Å². The number of rotatable bonds is 5. The van der Waals surface area contributed by atoms with E-state index in [4.69, 9.17) is 27.9 Å². The minimum atomic E-state index is -3.95. The highest BCUT2D eigenvalue weighted by atomic mass is 35.5. The smallest absolute Gasteiger partial charge is 0.339 e. The van der Waals surface area contributed by atoms with Gasteiger partial charge < -0.3 is 9.47 Å². The monoisotopic (exact) mass is 389 g/mol. The van der Waals surface area contributed by atoms with Crippen molar-refractivity contribution < 1.29 is 22.7 Å². The van der Waals surface area contributed by atoms with Crippen molar-refractivity contribution >= 4 is 44.9 Å². The van der Waals surface area contributed by atoms with E-state index in [1.54, 1.807) is 0 Å². The van der Waals surface area contributed by atoms with Crippen LogP contribution in [-0.4, -0.2) is 28.6 Å². The highest BCUT2D eigenvalue weighted by Gasteiger charge is 2.19. The molecule has 6 nitrogen and oxygen atoms in total. The van der Waals surface area contributed by atoms with Crippen LogP contribution >= 0.6 is 23.2 Å². The van der Waals surface area contributed by atoms with Crippen molar-refractivity contribution in [3.63, 3.8) is 0 Å². The molecule has 0 aliphatic rings. The molecule has 0 aliphatic heterocycles. The van der Waals surface area contributed by atoms with Gasteiger partial charge in [-0.1, -0.05) is 23.2 Å². The fourth-order valence-electron chi connectivity index (χ4n) is 1.88. The molecule has 128 valence electrons. The zero-order chi connectivity index (χ0) is 17.9. The second kappa shape index (κ2) is 7.29. The van der Waals surface area contributed by atoms with E-state index >= 15 is 0 Å². The van der Waals surface area contributed by atoms with Gasteiger partial charge in [0.15, 0.2) is 0 Å². The van der Waals surface area contributed by atoms with Crippen molar-refractivity contribution in [3.8, 4) is 5.75 Å². The molecule has 0 amide bonds. The van der Waals surface area contributed by atoms with Crippen LogP contribution in [0.4, 0.5) is 5.69 Å². The Balaban J connectivity index is 2.37. The van der Waals surface area contributed by atoms with Crippen molar-refractivity contribution in [2.24, 2.45) is 0 Å². The van der Waals surface area contributed by atoms with E-state index in [-0.39, 0.29) is 26.2 Å². The molecule has 2 aromatic carbocycles. The normalized spacial score (nSPS) is 11.0. The molecule has 0 bridgehead atoms. The molecule has 0 aliphatic carbocycles. The van der Waals surface area contributed by atoms with Crippen molar-refractivity contribution in [2.45, 2.75) is 4.90 Å². The predicted octanol–water partition coefficient (Wildman–Crippen LogP) is 3.59. The molecule has 0 spiro atoms. The lowest BCUT2D eigenvalue weighted by atomic mass is 10.2. The molecule has 0 saturated heterocycles. The number of carbonyl (C=O) groups excluding carboxylic acids is 1. The number of methoxy groups -OCH3 is 2. The molecular weight excluding hydrogens is 377 g/mol. The molecule has 0 radical (unpaired) electrons. The highest BCUT2D eigenvalue weighted by Crippen LogP contribution is 2.29. The van der Waals surface area contributed by atoms with Crippen LogP contribution in [0.2, 0.25) is 10.0 Å². The summed E-state index contributed by atoms with van der Waals surface area (Å²) >= 11 is 11.9. The Morgan fingerprint density at radius 1 is 1.04 bits per heavy atom. The second-order valence-electron chi connectivity index (χ2n) is 4.59. The van der Waals surface area contributed by atoms with Crippen LogP contribution < -0.4 is 9.46 Å². The number of benzene rings is 2. The van der Waals surface area contributed by atoms with Crippen LogP contribution in [0.3, 0.4) is 0 Å². The van der Waals surface area contributed by atoms with Crippen LogP contribution in [-0.2, 0) is 14.8 Å². The summed E-state index contributed by atoms with van der Waals surface area (Å²) in [6.45, 7) is 0. The average molecular weight is 390 g/mol. The summed E-state index contributed by atoms with van der Waals surface area (Å²) in [5.41, 5.74) is 0.199. The topological polar surface area (TPSA) is 81.7 Å². The molecule has 9 heteroatoms. The van der Waals surface area contributed by atoms with Gasteiger partial charge in [0.1, 0.15) is 5.75 Å². The summed E-state index contributed by atoms with van der Waals surface area (Å²) in [7, 11) is -1.32. The standard InChI is InChI=1S/C15H13Cl2NO5S/c1-22-14-6-3-9(7-13(14)17)18-24(20,21)10-4-5-12(16)11(8-10)15(19)23-2/h3-8,18H,1-2H3. The number of hydrogen-bond acceptors (Lipinski definition) is 5. The lowest BCUT2D eigenvalue weighted by Crippen LogP contribution is -2.14. The Hall–Kier alpha value is -1.96. The molecule has 0 heterocycles. The maximum absolute atomic E-state index is 12.5. The van der Waals surface area contributed by atoms with Crippen LogP contribution in [0.1, 0.15) is 10.4 Å². The first-order valence-corrected chi connectivity index (χ1v) is 8.76. The SMILES string of the molecule is COC(=O)c1cc(S(=O)(=O)Nc2ccc(OC)c(Cl)c2)ccc1Cl. The largest absolute Gasteiger partial charge is 0.495 e. The van der Waals surface area contributed by atoms with Crippen LogP contribution in [0, 0.1) is 0 Å². The Bertz CT molecular complexity index is 883. The van der Waals surface area contributed by atoms with Crippen LogP contribution in [0.15, 0.2) is 41.3 Å². The number of esters is 1. The Morgan fingerprint density at radius 3 is 2.33 bits per heavy atom. The summed E-state index contributed by atoms with van der Waals surface area (Å²) in [6.07, 6.45) is 0. The van der Waals surface area contributed by atoms with E-state index in [1.807, 2.05) is 0 Å². The summed E-state index contributed by atoms with van der Waals surface area (Å²) in [5, 5.41) is 0.345. The fraction of sp³-hybridized carbons (Fsp3) is 0.133. The van der Waals surface area contributed by atoms with E-state index < -0.39 is 16.0 Å². The van der Waals surface area contributed by atoms with Crippen molar-refractivity contribution in [3.05, 3.63) is 52.0 Å². The van der Waals surface area contributed by atoms with E-state index in [9.17, 15) is 13.2 Å². The third-order valence-electron chi connectivity index (χ3n) is 3.06. The first-order chi connectivity index (χ1) is 11.3. The molecular formula is C15H13Cl2NO5S. The van der Waals surface area contributed by atoms with Gasteiger partial charge in [-0.25, -0.2) is 13.2 Å². The number of sulfonamides is 1. The van der Waals surface area contributed by atoms with Gasteiger partial charge in [-0.3, -0.25) is 4.72 Å². The zero-order valence-corrected chi connectivity index (χ0v) is 15.0. The molecule has 1 N–H and O–H groups in total. The van der Waals surface area contributed by atoms with Gasteiger partial charge in [-0.15, -0.1) is 0 Å². The molecule has 0 fully saturated rings. The van der Waals surface area contributed by atoms with Crippen LogP contribution in [0.5, 0.6) is 5.75 Å². The molecule has 0 unspecified atom stereocenters. The Labute approximate surface area is 149 Å². The first kappa shape index (κ1) is 18.4. The molecule has 2 rings (SSSR count). The van der Waals surface area contributed by atoms with E-state index in [1.165, 1.54) is 44.6 Å². The Kier molecular flexibility index (Phi) is 5.58. The van der Waals surface area contributed by atoms with Gasteiger partial charge in [-0.2, -0.15) is 0 Å². The summed E-state index contributed by atoms with van der Waals surface area (Å²) < 4.78 is 36.9. The number of ether oxygens (including phenoxy) is 2. The number of halogens is 2. The van der Waals surface area contributed by atoms with Gasteiger partial charge in [0.25, 0.3) is 10.0 Å². The molecule has 0 saturated carbocycles. The molecule has 0 atom stereocenters. The van der Waals surface area contributed by atoms with Crippen molar-refractivity contribution in [2.75, 3.05) is 18.9 Å². The van der Waals surface area contributed by atoms with Gasteiger partial charge in [0, 0.05) is 0 Å². The third kappa shape index (κ3) is 3.92. The van der Waals surface area contributed by atoms with Crippen molar-refractivity contribution in [1.29, 1.82) is 0 Å². The summed E-state index contributed by atoms with van der Waals surface area (Å²) in [6, 6.07) is 8.17. The minimum absolute atomic E-state index is 0.0465. The number of nitrogens with one attached hydrogen (secondary N) is 1. The Morgan fingerprint density at radius 2 is 1.75 bits per heavy atom. The number of anilines is 1. The average Bonchev–Trinajstić information content (AvgIpc) is 2.54. The van der Waals surface area contributed by atoms with Crippen LogP contribution in [0.25, 0.3) is 0 Å². The van der Waals surface area contributed by atoms with Crippen molar-refractivity contribution in [1.82, 2.24) is 0 Å². The third-order valence-corrected chi connectivity index (χ3v) is 5.06. The van der Waals surface area contributed by atoms with Gasteiger partial charge >= 0.3 is 5.97 Å². The summed E-state index contributed by atoms with van der Waals surface area (Å²) in [4.78, 5) is 11.5. The maximum Gasteiger partial charge on any atom is 0.339 e. The lowest BCUT2D eigenvalue weighted by Gasteiger charge is -2.11. The maximum atomic E-state index is 12.5.